The summed E-state index contributed by atoms with van der Waals surface area (Å²) in [7, 11) is 0. The van der Waals surface area contributed by atoms with Crippen LogP contribution in [-0.2, 0) is 6.42 Å². The van der Waals surface area contributed by atoms with Gasteiger partial charge in [-0.05, 0) is 49.3 Å². The molecule has 1 unspecified atom stereocenters. The van der Waals surface area contributed by atoms with Crippen LogP contribution in [0.25, 0.3) is 0 Å². The molecule has 0 amide bonds. The summed E-state index contributed by atoms with van der Waals surface area (Å²) in [5.41, 5.74) is 2.16. The molecule has 0 spiro atoms. The van der Waals surface area contributed by atoms with Gasteiger partial charge in [-0.1, -0.05) is 44.4 Å². The summed E-state index contributed by atoms with van der Waals surface area (Å²) in [4.78, 5) is 1.53. The van der Waals surface area contributed by atoms with Gasteiger partial charge in [0.2, 0.25) is 0 Å². The third-order valence-electron chi connectivity index (χ3n) is 5.04. The van der Waals surface area contributed by atoms with Crippen LogP contribution in [0.3, 0.4) is 0 Å². The summed E-state index contributed by atoms with van der Waals surface area (Å²) < 4.78 is 0. The topological polar surface area (TPSA) is 12.0 Å². The lowest BCUT2D eigenvalue weighted by atomic mass is 9.70. The van der Waals surface area contributed by atoms with Crippen LogP contribution < -0.4 is 5.32 Å². The summed E-state index contributed by atoms with van der Waals surface area (Å²) in [5.74, 6) is 0. The number of nitrogens with one attached hydrogen (secondary N) is 1. The standard InChI is InChI=1S/C18H27NS/c1-2-19-14-18(10-6-3-7-11-18)13-16-12-15-8-4-5-9-17(15)20-16/h4-5,8-9,16,19H,2-3,6-7,10-14H2,1H3. The van der Waals surface area contributed by atoms with Gasteiger partial charge >= 0.3 is 0 Å². The zero-order chi connectivity index (χ0) is 13.8. The lowest BCUT2D eigenvalue weighted by molar-refractivity contribution is 0.167. The number of rotatable bonds is 5. The molecule has 1 atom stereocenters. The highest BCUT2D eigenvalue weighted by Crippen LogP contribution is 2.47. The van der Waals surface area contributed by atoms with E-state index in [2.05, 4.69) is 48.3 Å². The fourth-order valence-corrected chi connectivity index (χ4v) is 5.51. The molecule has 20 heavy (non-hydrogen) atoms. The van der Waals surface area contributed by atoms with Crippen molar-refractivity contribution >= 4 is 11.8 Å². The Bertz CT molecular complexity index is 412. The monoisotopic (exact) mass is 289 g/mol. The van der Waals surface area contributed by atoms with Crippen LogP contribution in [0.1, 0.15) is 51.0 Å². The fourth-order valence-electron chi connectivity index (χ4n) is 4.00. The van der Waals surface area contributed by atoms with Gasteiger partial charge in [-0.25, -0.2) is 0 Å². The van der Waals surface area contributed by atoms with Crippen molar-refractivity contribution in [1.82, 2.24) is 5.32 Å². The maximum atomic E-state index is 3.64. The van der Waals surface area contributed by atoms with E-state index in [-0.39, 0.29) is 0 Å². The lowest BCUT2D eigenvalue weighted by Gasteiger charge is -2.39. The molecule has 1 heterocycles. The summed E-state index contributed by atoms with van der Waals surface area (Å²) >= 11 is 2.13. The smallest absolute Gasteiger partial charge is 0.0141 e. The summed E-state index contributed by atoms with van der Waals surface area (Å²) in [6.07, 6.45) is 9.90. The van der Waals surface area contributed by atoms with Gasteiger partial charge in [-0.15, -0.1) is 11.8 Å². The third kappa shape index (κ3) is 3.23. The minimum Gasteiger partial charge on any atom is -0.316 e. The molecule has 1 fully saturated rings. The van der Waals surface area contributed by atoms with E-state index in [9.17, 15) is 0 Å². The van der Waals surface area contributed by atoms with Crippen molar-refractivity contribution in [1.29, 1.82) is 0 Å². The molecule has 1 aliphatic heterocycles. The van der Waals surface area contributed by atoms with E-state index in [4.69, 9.17) is 0 Å². The largest absolute Gasteiger partial charge is 0.316 e. The van der Waals surface area contributed by atoms with Gasteiger partial charge in [0.15, 0.2) is 0 Å². The van der Waals surface area contributed by atoms with Crippen molar-refractivity contribution in [3.05, 3.63) is 29.8 Å². The Kier molecular flexibility index (Phi) is 4.72. The van der Waals surface area contributed by atoms with Gasteiger partial charge in [-0.3, -0.25) is 0 Å². The van der Waals surface area contributed by atoms with Crippen LogP contribution in [0.4, 0.5) is 0 Å². The molecule has 1 aliphatic carbocycles. The number of thioether (sulfide) groups is 1. The minimum atomic E-state index is 0.577. The van der Waals surface area contributed by atoms with Crippen LogP contribution >= 0.6 is 11.8 Å². The predicted molar refractivity (Wildman–Crippen MR) is 88.5 cm³/mol. The first-order valence-electron chi connectivity index (χ1n) is 8.27. The van der Waals surface area contributed by atoms with Crippen molar-refractivity contribution in [2.24, 2.45) is 5.41 Å². The molecule has 0 saturated heterocycles. The van der Waals surface area contributed by atoms with E-state index in [0.717, 1.165) is 11.8 Å². The van der Waals surface area contributed by atoms with E-state index >= 15 is 0 Å². The molecule has 0 aromatic heterocycles. The van der Waals surface area contributed by atoms with Crippen LogP contribution in [0.2, 0.25) is 0 Å². The Morgan fingerprint density at radius 3 is 2.75 bits per heavy atom. The Labute approximate surface area is 127 Å². The molecule has 1 nitrogen and oxygen atoms in total. The van der Waals surface area contributed by atoms with Gasteiger partial charge in [0.1, 0.15) is 0 Å². The highest BCUT2D eigenvalue weighted by molar-refractivity contribution is 8.00. The van der Waals surface area contributed by atoms with Crippen molar-refractivity contribution in [2.75, 3.05) is 13.1 Å². The van der Waals surface area contributed by atoms with Gasteiger partial charge < -0.3 is 5.32 Å². The summed E-state index contributed by atoms with van der Waals surface area (Å²) in [5, 5.41) is 4.45. The second-order valence-electron chi connectivity index (χ2n) is 6.60. The second kappa shape index (κ2) is 6.53. The van der Waals surface area contributed by atoms with Crippen LogP contribution in [0.15, 0.2) is 29.2 Å². The average molecular weight is 289 g/mol. The molecule has 0 bridgehead atoms. The summed E-state index contributed by atoms with van der Waals surface area (Å²) in [6, 6.07) is 9.00. The Morgan fingerprint density at radius 1 is 1.20 bits per heavy atom. The SMILES string of the molecule is CCNCC1(CC2Cc3ccccc3S2)CCCCC1. The maximum Gasteiger partial charge on any atom is 0.0141 e. The molecular weight excluding hydrogens is 262 g/mol. The number of hydrogen-bond donors (Lipinski definition) is 1. The van der Waals surface area contributed by atoms with Crippen molar-refractivity contribution < 1.29 is 0 Å². The Hall–Kier alpha value is -0.470. The van der Waals surface area contributed by atoms with E-state index in [0.29, 0.717) is 5.41 Å². The van der Waals surface area contributed by atoms with Gasteiger partial charge in [0.05, 0.1) is 0 Å². The highest BCUT2D eigenvalue weighted by atomic mass is 32.2. The predicted octanol–water partition coefficient (Wildman–Crippen LogP) is 4.65. The first-order chi connectivity index (χ1) is 9.81. The van der Waals surface area contributed by atoms with Crippen molar-refractivity contribution in [3.63, 3.8) is 0 Å². The molecule has 1 aromatic carbocycles. The molecule has 1 aromatic rings. The average Bonchev–Trinajstić information content (AvgIpc) is 2.88. The lowest BCUT2D eigenvalue weighted by Crippen LogP contribution is -2.38. The minimum absolute atomic E-state index is 0.577. The van der Waals surface area contributed by atoms with E-state index in [1.165, 1.54) is 56.4 Å². The van der Waals surface area contributed by atoms with Crippen molar-refractivity contribution in [2.45, 2.75) is 62.0 Å². The van der Waals surface area contributed by atoms with Crippen LogP contribution in [0, 0.1) is 5.41 Å². The molecule has 3 rings (SSSR count). The fraction of sp³-hybridized carbons (Fsp3) is 0.667. The summed E-state index contributed by atoms with van der Waals surface area (Å²) in [6.45, 7) is 4.58. The van der Waals surface area contributed by atoms with Gasteiger partial charge in [0.25, 0.3) is 0 Å². The van der Waals surface area contributed by atoms with E-state index in [1.54, 1.807) is 5.56 Å². The number of fused-ring (bicyclic) bond motifs is 1. The molecule has 2 aliphatic rings. The quantitative estimate of drug-likeness (QED) is 0.846. The van der Waals surface area contributed by atoms with Crippen LogP contribution in [0.5, 0.6) is 0 Å². The molecule has 110 valence electrons. The molecule has 0 radical (unpaired) electrons. The zero-order valence-electron chi connectivity index (χ0n) is 12.7. The zero-order valence-corrected chi connectivity index (χ0v) is 13.5. The molecule has 2 heteroatoms. The molecular formula is C18H27NS. The maximum absolute atomic E-state index is 3.64. The first kappa shape index (κ1) is 14.5. The Morgan fingerprint density at radius 2 is 2.00 bits per heavy atom. The van der Waals surface area contributed by atoms with Gasteiger partial charge in [-0.2, -0.15) is 0 Å². The molecule has 1 saturated carbocycles. The van der Waals surface area contributed by atoms with E-state index in [1.807, 2.05) is 0 Å². The Balaban J connectivity index is 1.65. The van der Waals surface area contributed by atoms with E-state index < -0.39 is 0 Å². The second-order valence-corrected chi connectivity index (χ2v) is 7.94. The number of hydrogen-bond acceptors (Lipinski definition) is 2. The highest BCUT2D eigenvalue weighted by Gasteiger charge is 2.36. The third-order valence-corrected chi connectivity index (χ3v) is 6.36. The van der Waals surface area contributed by atoms with Gasteiger partial charge in [0, 0.05) is 16.7 Å². The normalized spacial score (nSPS) is 24.6. The first-order valence-corrected chi connectivity index (χ1v) is 9.15. The molecule has 1 N–H and O–H groups in total. The number of benzene rings is 1. The van der Waals surface area contributed by atoms with Crippen molar-refractivity contribution in [3.8, 4) is 0 Å². The van der Waals surface area contributed by atoms with Crippen LogP contribution in [-0.4, -0.2) is 18.3 Å².